The molecule has 0 fully saturated rings. The van der Waals surface area contributed by atoms with Gasteiger partial charge in [-0.05, 0) is 27.2 Å². The Morgan fingerprint density at radius 2 is 2.16 bits per heavy atom. The number of ether oxygens (including phenoxy) is 1. The van der Waals surface area contributed by atoms with Crippen LogP contribution in [0.2, 0.25) is 0 Å². The Morgan fingerprint density at radius 3 is 2.63 bits per heavy atom. The van der Waals surface area contributed by atoms with Crippen LogP contribution in [0.15, 0.2) is 10.5 Å². The highest BCUT2D eigenvalue weighted by Gasteiger charge is 2.24. The Morgan fingerprint density at radius 1 is 1.42 bits per heavy atom. The molecule has 1 amide bonds. The number of aromatic nitrogens is 2. The molecule has 0 saturated carbocycles. The van der Waals surface area contributed by atoms with Crippen molar-refractivity contribution in [2.45, 2.75) is 39.7 Å². The molecular weight excluding hydrogens is 246 g/mol. The van der Waals surface area contributed by atoms with Crippen LogP contribution >= 0.6 is 0 Å². The molecule has 0 aliphatic carbocycles. The summed E-state index contributed by atoms with van der Waals surface area (Å²) in [7, 11) is 0. The first-order valence-electron chi connectivity index (χ1n) is 6.32. The van der Waals surface area contributed by atoms with Crippen molar-refractivity contribution in [3.8, 4) is 0 Å². The van der Waals surface area contributed by atoms with Crippen LogP contribution in [-0.2, 0) is 4.74 Å². The summed E-state index contributed by atoms with van der Waals surface area (Å²) in [6.45, 7) is 8.44. The van der Waals surface area contributed by atoms with E-state index < -0.39 is 5.60 Å². The number of hydrogen-bond donors (Lipinski definition) is 0. The predicted octanol–water partition coefficient (Wildman–Crippen LogP) is 2.40. The molecule has 1 aromatic rings. The lowest BCUT2D eigenvalue weighted by Crippen LogP contribution is -2.39. The molecule has 0 atom stereocenters. The molecule has 0 aromatic carbocycles. The van der Waals surface area contributed by atoms with Crippen molar-refractivity contribution in [2.24, 2.45) is 0 Å². The summed E-state index contributed by atoms with van der Waals surface area (Å²) < 4.78 is 10.7. The van der Waals surface area contributed by atoms with E-state index in [1.165, 1.54) is 0 Å². The summed E-state index contributed by atoms with van der Waals surface area (Å²) in [6.07, 6.45) is 2.34. The Kier molecular flexibility index (Phi) is 3.59. The maximum absolute atomic E-state index is 11.9. The second kappa shape index (κ2) is 5.03. The lowest BCUT2D eigenvalue weighted by molar-refractivity contribution is 0.0270. The van der Waals surface area contributed by atoms with E-state index in [2.05, 4.69) is 10.2 Å². The van der Waals surface area contributed by atoms with E-state index in [9.17, 15) is 4.79 Å². The molecule has 6 nitrogen and oxygen atoms in total. The summed E-state index contributed by atoms with van der Waals surface area (Å²) in [5, 5.41) is 7.78. The van der Waals surface area contributed by atoms with Gasteiger partial charge < -0.3 is 14.1 Å². The van der Waals surface area contributed by atoms with Gasteiger partial charge in [0.1, 0.15) is 5.60 Å². The smallest absolute Gasteiger partial charge is 0.410 e. The Balaban J connectivity index is 1.98. The second-order valence-corrected chi connectivity index (χ2v) is 5.53. The highest BCUT2D eigenvalue weighted by molar-refractivity contribution is 5.71. The van der Waals surface area contributed by atoms with Crippen molar-refractivity contribution in [1.82, 2.24) is 15.1 Å². The average Bonchev–Trinajstić information content (AvgIpc) is 2.74. The number of amides is 1. The van der Waals surface area contributed by atoms with E-state index in [-0.39, 0.29) is 6.09 Å². The molecule has 0 saturated heterocycles. The van der Waals surface area contributed by atoms with Crippen LogP contribution in [0.5, 0.6) is 0 Å². The highest BCUT2D eigenvalue weighted by atomic mass is 16.6. The van der Waals surface area contributed by atoms with Crippen LogP contribution in [0.25, 0.3) is 5.57 Å². The zero-order chi connectivity index (χ0) is 14.0. The molecule has 6 heteroatoms. The summed E-state index contributed by atoms with van der Waals surface area (Å²) in [5.41, 5.74) is 0.519. The van der Waals surface area contributed by atoms with Gasteiger partial charge in [-0.15, -0.1) is 10.2 Å². The predicted molar refractivity (Wildman–Crippen MR) is 69.4 cm³/mol. The van der Waals surface area contributed by atoms with Crippen molar-refractivity contribution < 1.29 is 13.9 Å². The number of rotatable bonds is 1. The standard InChI is InChI=1S/C13H19N3O3/c1-9-14-15-11(18-9)10-5-7-16(8-6-10)12(17)19-13(2,3)4/h5H,6-8H2,1-4H3. The minimum absolute atomic E-state index is 0.287. The number of carbonyl (C=O) groups excluding carboxylic acids is 1. The monoisotopic (exact) mass is 265 g/mol. The van der Waals surface area contributed by atoms with E-state index in [1.807, 2.05) is 26.8 Å². The highest BCUT2D eigenvalue weighted by Crippen LogP contribution is 2.22. The molecule has 0 N–H and O–H groups in total. The summed E-state index contributed by atoms with van der Waals surface area (Å²) >= 11 is 0. The quantitative estimate of drug-likeness (QED) is 0.780. The van der Waals surface area contributed by atoms with E-state index in [4.69, 9.17) is 9.15 Å². The number of hydrogen-bond acceptors (Lipinski definition) is 5. The third kappa shape index (κ3) is 3.56. The van der Waals surface area contributed by atoms with Crippen molar-refractivity contribution in [2.75, 3.05) is 13.1 Å². The molecule has 2 heterocycles. The Hall–Kier alpha value is -1.85. The molecule has 2 rings (SSSR count). The fourth-order valence-corrected chi connectivity index (χ4v) is 1.78. The van der Waals surface area contributed by atoms with Crippen LogP contribution in [0.3, 0.4) is 0 Å². The van der Waals surface area contributed by atoms with Gasteiger partial charge in [-0.25, -0.2) is 4.79 Å². The fraction of sp³-hybridized carbons (Fsp3) is 0.615. The molecule has 0 unspecified atom stereocenters. The normalized spacial score (nSPS) is 16.2. The van der Waals surface area contributed by atoms with Crippen LogP contribution in [0.1, 0.15) is 39.0 Å². The van der Waals surface area contributed by atoms with Crippen molar-refractivity contribution in [3.05, 3.63) is 17.9 Å². The third-order valence-electron chi connectivity index (χ3n) is 2.66. The molecule has 0 bridgehead atoms. The second-order valence-electron chi connectivity index (χ2n) is 5.53. The van der Waals surface area contributed by atoms with E-state index in [0.717, 1.165) is 5.57 Å². The SMILES string of the molecule is Cc1nnc(C2=CCN(C(=O)OC(C)(C)C)CC2)o1. The van der Waals surface area contributed by atoms with Gasteiger partial charge in [0.2, 0.25) is 11.8 Å². The fourth-order valence-electron chi connectivity index (χ4n) is 1.78. The molecule has 19 heavy (non-hydrogen) atoms. The lowest BCUT2D eigenvalue weighted by Gasteiger charge is -2.28. The maximum Gasteiger partial charge on any atom is 0.410 e. The minimum atomic E-state index is -0.468. The molecule has 104 valence electrons. The van der Waals surface area contributed by atoms with Crippen LogP contribution in [-0.4, -0.2) is 39.9 Å². The van der Waals surface area contributed by atoms with Gasteiger partial charge in [-0.2, -0.15) is 0 Å². The summed E-state index contributed by atoms with van der Waals surface area (Å²) in [6, 6.07) is 0. The number of aryl methyl sites for hydroxylation is 1. The van der Waals surface area contributed by atoms with Gasteiger partial charge in [-0.1, -0.05) is 6.08 Å². The molecule has 1 aliphatic heterocycles. The topological polar surface area (TPSA) is 68.5 Å². The molecule has 1 aromatic heterocycles. The lowest BCUT2D eigenvalue weighted by atomic mass is 10.1. The van der Waals surface area contributed by atoms with Gasteiger partial charge in [-0.3, -0.25) is 0 Å². The first-order chi connectivity index (χ1) is 8.85. The molecule has 1 aliphatic rings. The average molecular weight is 265 g/mol. The van der Waals surface area contributed by atoms with Crippen molar-refractivity contribution >= 4 is 11.7 Å². The largest absolute Gasteiger partial charge is 0.444 e. The van der Waals surface area contributed by atoms with Crippen molar-refractivity contribution in [1.29, 1.82) is 0 Å². The third-order valence-corrected chi connectivity index (χ3v) is 2.66. The summed E-state index contributed by atoms with van der Waals surface area (Å²) in [4.78, 5) is 13.5. The zero-order valence-electron chi connectivity index (χ0n) is 11.8. The Labute approximate surface area is 112 Å². The van der Waals surface area contributed by atoms with E-state index >= 15 is 0 Å². The van der Waals surface area contributed by atoms with Crippen LogP contribution in [0, 0.1) is 6.92 Å². The van der Waals surface area contributed by atoms with Gasteiger partial charge in [0, 0.05) is 25.6 Å². The molecular formula is C13H19N3O3. The van der Waals surface area contributed by atoms with Crippen LogP contribution < -0.4 is 0 Å². The Bertz CT molecular complexity index is 499. The van der Waals surface area contributed by atoms with Gasteiger partial charge in [0.25, 0.3) is 0 Å². The van der Waals surface area contributed by atoms with Crippen molar-refractivity contribution in [3.63, 3.8) is 0 Å². The first kappa shape index (κ1) is 13.6. The zero-order valence-corrected chi connectivity index (χ0v) is 11.8. The summed E-state index contributed by atoms with van der Waals surface area (Å²) in [5.74, 6) is 1.09. The van der Waals surface area contributed by atoms with Crippen LogP contribution in [0.4, 0.5) is 4.79 Å². The van der Waals surface area contributed by atoms with E-state index in [1.54, 1.807) is 11.8 Å². The molecule has 0 radical (unpaired) electrons. The van der Waals surface area contributed by atoms with E-state index in [0.29, 0.717) is 31.3 Å². The van der Waals surface area contributed by atoms with Gasteiger partial charge in [0.15, 0.2) is 0 Å². The maximum atomic E-state index is 11.9. The first-order valence-corrected chi connectivity index (χ1v) is 6.32. The van der Waals surface area contributed by atoms with Gasteiger partial charge >= 0.3 is 6.09 Å². The van der Waals surface area contributed by atoms with Gasteiger partial charge in [0.05, 0.1) is 0 Å². The number of nitrogens with zero attached hydrogens (tertiary/aromatic N) is 3. The molecule has 0 spiro atoms. The minimum Gasteiger partial charge on any atom is -0.444 e. The number of carbonyl (C=O) groups is 1.